The van der Waals surface area contributed by atoms with Crippen LogP contribution in [0.5, 0.6) is 0 Å². The van der Waals surface area contributed by atoms with Crippen molar-refractivity contribution < 1.29 is 8.42 Å². The van der Waals surface area contributed by atoms with Gasteiger partial charge in [-0.25, -0.2) is 8.42 Å². The molecule has 2 fully saturated rings. The maximum Gasteiger partial charge on any atom is 0.243 e. The van der Waals surface area contributed by atoms with Crippen LogP contribution < -0.4 is 0 Å². The van der Waals surface area contributed by atoms with Crippen LogP contribution in [0, 0.1) is 5.92 Å². The fourth-order valence-electron chi connectivity index (χ4n) is 3.76. The number of likely N-dealkylation sites (tertiary alicyclic amines) is 1. The van der Waals surface area contributed by atoms with E-state index in [0.717, 1.165) is 19.4 Å². The zero-order valence-corrected chi connectivity index (χ0v) is 14.7. The zero-order chi connectivity index (χ0) is 16.1. The van der Waals surface area contributed by atoms with Crippen molar-refractivity contribution in [3.8, 4) is 0 Å². The van der Waals surface area contributed by atoms with Gasteiger partial charge in [-0.3, -0.25) is 0 Å². The van der Waals surface area contributed by atoms with Crippen LogP contribution in [0.1, 0.15) is 38.5 Å². The van der Waals surface area contributed by atoms with Gasteiger partial charge in [0.2, 0.25) is 10.0 Å². The van der Waals surface area contributed by atoms with E-state index in [1.165, 1.54) is 38.8 Å². The van der Waals surface area contributed by atoms with Crippen LogP contribution in [0.15, 0.2) is 35.2 Å². The molecule has 2 aliphatic rings. The molecule has 0 atom stereocenters. The Bertz CT molecular complexity index is 572. The highest BCUT2D eigenvalue weighted by Crippen LogP contribution is 2.25. The van der Waals surface area contributed by atoms with Gasteiger partial charge < -0.3 is 4.90 Å². The van der Waals surface area contributed by atoms with E-state index in [9.17, 15) is 8.42 Å². The highest BCUT2D eigenvalue weighted by Gasteiger charge is 2.29. The molecular weight excluding hydrogens is 308 g/mol. The smallest absolute Gasteiger partial charge is 0.243 e. The Labute approximate surface area is 140 Å². The normalized spacial score (nSPS) is 22.8. The summed E-state index contributed by atoms with van der Waals surface area (Å²) in [4.78, 5) is 3.02. The van der Waals surface area contributed by atoms with Crippen LogP contribution in [-0.2, 0) is 10.0 Å². The van der Waals surface area contributed by atoms with E-state index in [2.05, 4.69) is 4.90 Å². The third kappa shape index (κ3) is 4.34. The third-order valence-corrected chi connectivity index (χ3v) is 7.08. The average molecular weight is 337 g/mol. The molecule has 1 aromatic carbocycles. The number of sulfonamides is 1. The minimum atomic E-state index is -3.30. The van der Waals surface area contributed by atoms with Crippen LogP contribution in [-0.4, -0.2) is 50.3 Å². The maximum atomic E-state index is 12.6. The molecule has 128 valence electrons. The van der Waals surface area contributed by atoms with Crippen molar-refractivity contribution in [2.75, 3.05) is 32.7 Å². The minimum absolute atomic E-state index is 0.422. The Balaban J connectivity index is 1.54. The Morgan fingerprint density at radius 1 is 0.870 bits per heavy atom. The Hall–Kier alpha value is -0.910. The largest absolute Gasteiger partial charge is 0.303 e. The van der Waals surface area contributed by atoms with Crippen molar-refractivity contribution in [2.45, 2.75) is 43.4 Å². The number of hydrogen-bond donors (Lipinski definition) is 0. The molecule has 1 aromatic rings. The molecule has 0 radical (unpaired) electrons. The summed E-state index contributed by atoms with van der Waals surface area (Å²) < 4.78 is 27.0. The number of benzene rings is 1. The number of hydrogen-bond acceptors (Lipinski definition) is 3. The van der Waals surface area contributed by atoms with Crippen LogP contribution in [0.3, 0.4) is 0 Å². The summed E-state index contributed by atoms with van der Waals surface area (Å²) in [6, 6.07) is 8.82. The molecule has 4 nitrogen and oxygen atoms in total. The van der Waals surface area contributed by atoms with Crippen LogP contribution >= 0.6 is 0 Å². The Morgan fingerprint density at radius 2 is 1.48 bits per heavy atom. The Morgan fingerprint density at radius 3 is 2.09 bits per heavy atom. The standard InChI is InChI=1S/C18H28N2O2S/c21-23(22,18-8-4-3-5-9-18)20-14-10-17(11-15-20)16-19-12-6-1-2-7-13-19/h3-5,8-9,17H,1-2,6-7,10-16H2. The summed E-state index contributed by atoms with van der Waals surface area (Å²) in [5.74, 6) is 0.648. The first-order valence-corrected chi connectivity index (χ1v) is 10.4. The lowest BCUT2D eigenvalue weighted by Gasteiger charge is -2.34. The second-order valence-electron chi connectivity index (χ2n) is 6.88. The van der Waals surface area contributed by atoms with Gasteiger partial charge in [-0.05, 0) is 56.8 Å². The van der Waals surface area contributed by atoms with Crippen molar-refractivity contribution in [3.63, 3.8) is 0 Å². The average Bonchev–Trinajstić information content (AvgIpc) is 2.85. The lowest BCUT2D eigenvalue weighted by atomic mass is 9.97. The topological polar surface area (TPSA) is 40.6 Å². The van der Waals surface area contributed by atoms with Gasteiger partial charge >= 0.3 is 0 Å². The fraction of sp³-hybridized carbons (Fsp3) is 0.667. The second kappa shape index (κ2) is 7.77. The minimum Gasteiger partial charge on any atom is -0.303 e. The third-order valence-electron chi connectivity index (χ3n) is 5.17. The molecule has 2 heterocycles. The van der Waals surface area contributed by atoms with Crippen molar-refractivity contribution in [3.05, 3.63) is 30.3 Å². The van der Waals surface area contributed by atoms with Crippen molar-refractivity contribution in [2.24, 2.45) is 5.92 Å². The Kier molecular flexibility index (Phi) is 5.72. The molecule has 5 heteroatoms. The van der Waals surface area contributed by atoms with Gasteiger partial charge in [0, 0.05) is 19.6 Å². The maximum absolute atomic E-state index is 12.6. The first-order valence-electron chi connectivity index (χ1n) is 8.94. The highest BCUT2D eigenvalue weighted by molar-refractivity contribution is 7.89. The molecule has 0 amide bonds. The molecule has 0 bridgehead atoms. The summed E-state index contributed by atoms with van der Waals surface area (Å²) >= 11 is 0. The van der Waals surface area contributed by atoms with Gasteiger partial charge in [0.05, 0.1) is 4.90 Å². The number of piperidine rings is 1. The molecule has 0 aromatic heterocycles. The molecule has 0 unspecified atom stereocenters. The molecule has 3 rings (SSSR count). The molecule has 0 spiro atoms. The summed E-state index contributed by atoms with van der Waals surface area (Å²) in [5.41, 5.74) is 0. The van der Waals surface area contributed by atoms with Gasteiger partial charge in [-0.1, -0.05) is 31.0 Å². The van der Waals surface area contributed by atoms with E-state index in [1.54, 1.807) is 28.6 Å². The molecule has 2 saturated heterocycles. The summed E-state index contributed by atoms with van der Waals surface area (Å²) in [7, 11) is -3.30. The van der Waals surface area contributed by atoms with Gasteiger partial charge in [0.25, 0.3) is 0 Å². The lowest BCUT2D eigenvalue weighted by molar-refractivity contribution is 0.186. The summed E-state index contributed by atoms with van der Waals surface area (Å²) in [6.07, 6.45) is 7.35. The zero-order valence-electron chi connectivity index (χ0n) is 13.9. The van der Waals surface area contributed by atoms with E-state index < -0.39 is 10.0 Å². The van der Waals surface area contributed by atoms with E-state index in [4.69, 9.17) is 0 Å². The van der Waals surface area contributed by atoms with Gasteiger partial charge in [-0.15, -0.1) is 0 Å². The molecule has 0 N–H and O–H groups in total. The van der Waals surface area contributed by atoms with E-state index in [-0.39, 0.29) is 0 Å². The second-order valence-corrected chi connectivity index (χ2v) is 8.81. The monoisotopic (exact) mass is 336 g/mol. The fourth-order valence-corrected chi connectivity index (χ4v) is 5.25. The summed E-state index contributed by atoms with van der Waals surface area (Å²) in [5, 5.41) is 0. The molecule has 2 aliphatic heterocycles. The SMILES string of the molecule is O=S(=O)(c1ccccc1)N1CCC(CN2CCCCCC2)CC1. The van der Waals surface area contributed by atoms with E-state index in [0.29, 0.717) is 23.9 Å². The van der Waals surface area contributed by atoms with Gasteiger partial charge in [-0.2, -0.15) is 4.31 Å². The molecular formula is C18H28N2O2S. The molecule has 0 aliphatic carbocycles. The van der Waals surface area contributed by atoms with Crippen LogP contribution in [0.25, 0.3) is 0 Å². The lowest BCUT2D eigenvalue weighted by Crippen LogP contribution is -2.41. The van der Waals surface area contributed by atoms with E-state index in [1.807, 2.05) is 6.07 Å². The first-order chi connectivity index (χ1) is 11.2. The van der Waals surface area contributed by atoms with Crippen LogP contribution in [0.4, 0.5) is 0 Å². The predicted molar refractivity (Wildman–Crippen MR) is 92.8 cm³/mol. The molecule has 0 saturated carbocycles. The quantitative estimate of drug-likeness (QED) is 0.849. The van der Waals surface area contributed by atoms with Crippen molar-refractivity contribution >= 4 is 10.0 Å². The summed E-state index contributed by atoms with van der Waals surface area (Å²) in [6.45, 7) is 4.93. The molecule has 23 heavy (non-hydrogen) atoms. The van der Waals surface area contributed by atoms with Gasteiger partial charge in [0.15, 0.2) is 0 Å². The van der Waals surface area contributed by atoms with Gasteiger partial charge in [0.1, 0.15) is 0 Å². The van der Waals surface area contributed by atoms with Crippen molar-refractivity contribution in [1.82, 2.24) is 9.21 Å². The van der Waals surface area contributed by atoms with Crippen molar-refractivity contribution in [1.29, 1.82) is 0 Å². The first kappa shape index (κ1) is 16.9. The number of nitrogens with zero attached hydrogens (tertiary/aromatic N) is 2. The highest BCUT2D eigenvalue weighted by atomic mass is 32.2. The number of rotatable bonds is 4. The predicted octanol–water partition coefficient (Wildman–Crippen LogP) is 2.96. The van der Waals surface area contributed by atoms with Crippen LogP contribution in [0.2, 0.25) is 0 Å². The van der Waals surface area contributed by atoms with E-state index >= 15 is 0 Å².